The van der Waals surface area contributed by atoms with Crippen LogP contribution in [-0.4, -0.2) is 14.2 Å². The van der Waals surface area contributed by atoms with Gasteiger partial charge in [-0.3, -0.25) is 0 Å². The fourth-order valence-corrected chi connectivity index (χ4v) is 3.32. The van der Waals surface area contributed by atoms with E-state index in [2.05, 4.69) is 69.3 Å². The van der Waals surface area contributed by atoms with Crippen LogP contribution in [0.15, 0.2) is 65.8 Å². The molecule has 0 aliphatic carbocycles. The molecule has 2 heteroatoms. The van der Waals surface area contributed by atoms with E-state index in [1.54, 1.807) is 14.2 Å². The minimum atomic E-state index is 0.855. The van der Waals surface area contributed by atoms with Gasteiger partial charge in [-0.25, -0.2) is 0 Å². The summed E-state index contributed by atoms with van der Waals surface area (Å²) >= 11 is 0. The third kappa shape index (κ3) is 6.92. The minimum Gasteiger partial charge on any atom is -0.497 e. The van der Waals surface area contributed by atoms with Gasteiger partial charge in [0.25, 0.3) is 0 Å². The maximum absolute atomic E-state index is 5.71. The molecule has 28 heavy (non-hydrogen) atoms. The molecule has 2 nitrogen and oxygen atoms in total. The van der Waals surface area contributed by atoms with Gasteiger partial charge in [0, 0.05) is 11.6 Å². The Labute approximate surface area is 170 Å². The minimum absolute atomic E-state index is 0.855. The average Bonchev–Trinajstić information content (AvgIpc) is 2.70. The zero-order chi connectivity index (χ0) is 20.4. The molecule has 0 saturated carbocycles. The van der Waals surface area contributed by atoms with E-state index < -0.39 is 0 Å². The van der Waals surface area contributed by atoms with Crippen molar-refractivity contribution in [1.29, 1.82) is 0 Å². The first kappa shape index (κ1) is 21.8. The van der Waals surface area contributed by atoms with Crippen LogP contribution in [0.25, 0.3) is 0 Å². The molecule has 0 radical (unpaired) electrons. The lowest BCUT2D eigenvalue weighted by atomic mass is 9.95. The van der Waals surface area contributed by atoms with Gasteiger partial charge in [-0.15, -0.1) is 0 Å². The van der Waals surface area contributed by atoms with E-state index in [9.17, 15) is 0 Å². The molecular formula is C26H34O2. The first-order valence-electron chi connectivity index (χ1n) is 10.1. The van der Waals surface area contributed by atoms with Gasteiger partial charge in [-0.2, -0.15) is 0 Å². The van der Waals surface area contributed by atoms with E-state index in [1.165, 1.54) is 27.8 Å². The lowest BCUT2D eigenvalue weighted by Crippen LogP contribution is -2.02. The van der Waals surface area contributed by atoms with Gasteiger partial charge >= 0.3 is 0 Å². The molecule has 0 unspecified atom stereocenters. The van der Waals surface area contributed by atoms with E-state index in [0.717, 1.165) is 43.6 Å². The number of aryl methyl sites for hydroxylation is 2. The Hall–Kier alpha value is -2.48. The fourth-order valence-electron chi connectivity index (χ4n) is 3.32. The monoisotopic (exact) mass is 378 g/mol. The molecule has 0 heterocycles. The highest BCUT2D eigenvalue weighted by molar-refractivity contribution is 5.48. The van der Waals surface area contributed by atoms with Gasteiger partial charge < -0.3 is 9.47 Å². The SMILES string of the molecule is COc1cc(CCc2ccccc2)c(C/C=C(\C)CCC=C(C)C)c(OC)c1. The summed E-state index contributed by atoms with van der Waals surface area (Å²) in [5.74, 6) is 1.77. The van der Waals surface area contributed by atoms with Crippen LogP contribution in [-0.2, 0) is 19.3 Å². The van der Waals surface area contributed by atoms with Crippen LogP contribution in [0, 0.1) is 0 Å². The molecule has 0 fully saturated rings. The predicted molar refractivity (Wildman–Crippen MR) is 120 cm³/mol. The number of allylic oxidation sites excluding steroid dienone is 4. The van der Waals surface area contributed by atoms with Crippen molar-refractivity contribution < 1.29 is 9.47 Å². The molecule has 0 saturated heterocycles. The molecule has 0 N–H and O–H groups in total. The van der Waals surface area contributed by atoms with Crippen LogP contribution in [0.5, 0.6) is 11.5 Å². The van der Waals surface area contributed by atoms with Crippen LogP contribution in [0.4, 0.5) is 0 Å². The first-order valence-corrected chi connectivity index (χ1v) is 10.1. The molecule has 0 bridgehead atoms. The Balaban J connectivity index is 2.21. The average molecular weight is 379 g/mol. The highest BCUT2D eigenvalue weighted by atomic mass is 16.5. The summed E-state index contributed by atoms with van der Waals surface area (Å²) in [4.78, 5) is 0. The van der Waals surface area contributed by atoms with Gasteiger partial charge in [-0.1, -0.05) is 53.6 Å². The van der Waals surface area contributed by atoms with E-state index in [0.29, 0.717) is 0 Å². The molecule has 0 aliphatic rings. The molecule has 0 aromatic heterocycles. The highest BCUT2D eigenvalue weighted by Gasteiger charge is 2.12. The van der Waals surface area contributed by atoms with Crippen molar-refractivity contribution in [3.05, 3.63) is 82.5 Å². The third-order valence-corrected chi connectivity index (χ3v) is 5.00. The van der Waals surface area contributed by atoms with Gasteiger partial charge in [-0.05, 0) is 70.1 Å². The lowest BCUT2D eigenvalue weighted by molar-refractivity contribution is 0.390. The molecule has 0 spiro atoms. The van der Waals surface area contributed by atoms with Crippen LogP contribution in [0.2, 0.25) is 0 Å². The number of rotatable bonds is 10. The van der Waals surface area contributed by atoms with E-state index >= 15 is 0 Å². The number of methoxy groups -OCH3 is 2. The van der Waals surface area contributed by atoms with Crippen molar-refractivity contribution in [3.63, 3.8) is 0 Å². The molecule has 2 aromatic rings. The van der Waals surface area contributed by atoms with Crippen LogP contribution in [0.1, 0.15) is 50.3 Å². The molecule has 2 rings (SSSR count). The van der Waals surface area contributed by atoms with Crippen molar-refractivity contribution in [2.45, 2.75) is 52.9 Å². The molecule has 2 aromatic carbocycles. The summed E-state index contributed by atoms with van der Waals surface area (Å²) < 4.78 is 11.2. The highest BCUT2D eigenvalue weighted by Crippen LogP contribution is 2.31. The number of benzene rings is 2. The molecular weight excluding hydrogens is 344 g/mol. The topological polar surface area (TPSA) is 18.5 Å². The Morgan fingerprint density at radius 2 is 1.64 bits per heavy atom. The van der Waals surface area contributed by atoms with Gasteiger partial charge in [0.05, 0.1) is 14.2 Å². The zero-order valence-electron chi connectivity index (χ0n) is 18.0. The van der Waals surface area contributed by atoms with Crippen LogP contribution < -0.4 is 9.47 Å². The van der Waals surface area contributed by atoms with E-state index in [-0.39, 0.29) is 0 Å². The number of hydrogen-bond donors (Lipinski definition) is 0. The third-order valence-electron chi connectivity index (χ3n) is 5.00. The van der Waals surface area contributed by atoms with Crippen LogP contribution in [0.3, 0.4) is 0 Å². The van der Waals surface area contributed by atoms with E-state index in [4.69, 9.17) is 9.47 Å². The smallest absolute Gasteiger partial charge is 0.126 e. The summed E-state index contributed by atoms with van der Waals surface area (Å²) in [5, 5.41) is 0. The predicted octanol–water partition coefficient (Wildman–Crippen LogP) is 6.72. The summed E-state index contributed by atoms with van der Waals surface area (Å²) in [5.41, 5.74) is 6.72. The lowest BCUT2D eigenvalue weighted by Gasteiger charge is -2.16. The Bertz CT molecular complexity index is 797. The Kier molecular flexibility index (Phi) is 8.87. The van der Waals surface area contributed by atoms with Crippen molar-refractivity contribution >= 4 is 0 Å². The number of hydrogen-bond acceptors (Lipinski definition) is 2. The second kappa shape index (κ2) is 11.4. The van der Waals surface area contributed by atoms with E-state index in [1.807, 2.05) is 6.07 Å². The summed E-state index contributed by atoms with van der Waals surface area (Å²) in [7, 11) is 3.45. The largest absolute Gasteiger partial charge is 0.497 e. The fraction of sp³-hybridized carbons (Fsp3) is 0.385. The summed E-state index contributed by atoms with van der Waals surface area (Å²) in [6.07, 6.45) is 9.71. The maximum atomic E-state index is 5.71. The van der Waals surface area contributed by atoms with Crippen LogP contribution >= 0.6 is 0 Å². The Morgan fingerprint density at radius 1 is 0.893 bits per heavy atom. The van der Waals surface area contributed by atoms with Gasteiger partial charge in [0.2, 0.25) is 0 Å². The second-order valence-electron chi connectivity index (χ2n) is 7.53. The van der Waals surface area contributed by atoms with Gasteiger partial charge in [0.15, 0.2) is 0 Å². The van der Waals surface area contributed by atoms with Crippen molar-refractivity contribution in [2.24, 2.45) is 0 Å². The molecule has 0 aliphatic heterocycles. The number of ether oxygens (including phenoxy) is 2. The first-order chi connectivity index (χ1) is 13.5. The molecule has 150 valence electrons. The summed E-state index contributed by atoms with van der Waals surface area (Å²) in [6.45, 7) is 6.53. The van der Waals surface area contributed by atoms with Gasteiger partial charge in [0.1, 0.15) is 11.5 Å². The quantitative estimate of drug-likeness (QED) is 0.427. The normalized spacial score (nSPS) is 11.2. The molecule has 0 atom stereocenters. The standard InChI is InChI=1S/C26H34O2/c1-20(2)10-9-11-21(3)14-17-25-23(16-15-22-12-7-6-8-13-22)18-24(27-4)19-26(25)28-5/h6-8,10,12-14,18-19H,9,11,15-17H2,1-5H3/b21-14+. The second-order valence-corrected chi connectivity index (χ2v) is 7.53. The van der Waals surface area contributed by atoms with Crippen molar-refractivity contribution in [2.75, 3.05) is 14.2 Å². The molecule has 0 amide bonds. The van der Waals surface area contributed by atoms with Crippen molar-refractivity contribution in [1.82, 2.24) is 0 Å². The Morgan fingerprint density at radius 3 is 2.29 bits per heavy atom. The zero-order valence-corrected chi connectivity index (χ0v) is 18.0. The maximum Gasteiger partial charge on any atom is 0.126 e. The summed E-state index contributed by atoms with van der Waals surface area (Å²) in [6, 6.07) is 14.8. The van der Waals surface area contributed by atoms with Crippen molar-refractivity contribution in [3.8, 4) is 11.5 Å².